The smallest absolute Gasteiger partial charge is 0.00748 e. The predicted molar refractivity (Wildman–Crippen MR) is 156 cm³/mol. The number of unbranched alkanes of at least 4 members (excludes halogenated alkanes) is 1. The maximum atomic E-state index is 2.73. The van der Waals surface area contributed by atoms with Crippen molar-refractivity contribution in [1.29, 1.82) is 0 Å². The normalized spacial score (nSPS) is 21.5. The van der Waals surface area contributed by atoms with E-state index in [1.807, 2.05) is 0 Å². The Balaban J connectivity index is 1.58. The molecule has 0 amide bonds. The van der Waals surface area contributed by atoms with Crippen LogP contribution in [0.5, 0.6) is 0 Å². The van der Waals surface area contributed by atoms with Gasteiger partial charge in [0.1, 0.15) is 0 Å². The summed E-state index contributed by atoms with van der Waals surface area (Å²) in [6, 6.07) is 13.9. The van der Waals surface area contributed by atoms with Crippen molar-refractivity contribution in [3.63, 3.8) is 0 Å². The number of rotatable bonds is 7. The van der Waals surface area contributed by atoms with Crippen molar-refractivity contribution >= 4 is 21.3 Å². The zero-order valence-corrected chi connectivity index (χ0v) is 24.2. The van der Waals surface area contributed by atoms with E-state index in [9.17, 15) is 0 Å². The highest BCUT2D eigenvalue weighted by atomic mass is 29.3. The van der Waals surface area contributed by atoms with E-state index in [4.69, 9.17) is 0 Å². The number of fused-ring (bicyclic) bond motifs is 2. The van der Waals surface area contributed by atoms with Gasteiger partial charge in [0, 0.05) is 0 Å². The van der Waals surface area contributed by atoms with E-state index in [-0.39, 0.29) is 0 Å². The summed E-state index contributed by atoms with van der Waals surface area (Å²) in [6.07, 6.45) is 18.0. The standard InChI is InChI=1S/C32H42Si2/c1-7-8-13-24-18-19-27(21-24)33(3,4)34(5,6)32-23(2)20-29-30(32)22-26-16-12-17-28(26)31(29)25-14-10-9-11-15-25/h9-11,14-15,18-22,27,32H,7-8,12-13,16-17H2,1-6H3/q-1. The Kier molecular flexibility index (Phi) is 6.27. The first-order valence-electron chi connectivity index (χ1n) is 13.6. The molecule has 0 spiro atoms. The Labute approximate surface area is 209 Å². The topological polar surface area (TPSA) is 0 Å². The van der Waals surface area contributed by atoms with E-state index in [1.54, 1.807) is 39.0 Å². The highest BCUT2D eigenvalue weighted by Gasteiger charge is 2.43. The summed E-state index contributed by atoms with van der Waals surface area (Å²) in [5.74, 6) is 0. The lowest BCUT2D eigenvalue weighted by atomic mass is 9.89. The quantitative estimate of drug-likeness (QED) is 0.345. The van der Waals surface area contributed by atoms with Gasteiger partial charge in [-0.2, -0.15) is 13.1 Å². The first-order chi connectivity index (χ1) is 16.3. The van der Waals surface area contributed by atoms with E-state index < -0.39 is 15.2 Å². The van der Waals surface area contributed by atoms with E-state index in [2.05, 4.69) is 101 Å². The van der Waals surface area contributed by atoms with Gasteiger partial charge in [0.25, 0.3) is 0 Å². The minimum Gasteiger partial charge on any atom is -0.170 e. The van der Waals surface area contributed by atoms with Crippen LogP contribution in [-0.4, -0.2) is 15.2 Å². The van der Waals surface area contributed by atoms with Crippen molar-refractivity contribution in [2.24, 2.45) is 0 Å². The number of hydrogen-bond acceptors (Lipinski definition) is 0. The molecule has 2 atom stereocenters. The molecule has 2 unspecified atom stereocenters. The number of hydrogen-bond donors (Lipinski definition) is 0. The van der Waals surface area contributed by atoms with Crippen LogP contribution >= 0.6 is 0 Å². The van der Waals surface area contributed by atoms with Crippen LogP contribution in [-0.2, 0) is 12.8 Å². The second-order valence-corrected chi connectivity index (χ2v) is 28.0. The van der Waals surface area contributed by atoms with Crippen LogP contribution in [0.3, 0.4) is 0 Å². The second-order valence-electron chi connectivity index (χ2n) is 12.1. The van der Waals surface area contributed by atoms with Gasteiger partial charge in [0.05, 0.1) is 0 Å². The lowest BCUT2D eigenvalue weighted by Gasteiger charge is -2.57. The Morgan fingerprint density at radius 1 is 1.06 bits per heavy atom. The molecule has 5 rings (SSSR count). The van der Waals surface area contributed by atoms with Gasteiger partial charge in [-0.15, -0.1) is 13.1 Å². The summed E-state index contributed by atoms with van der Waals surface area (Å²) >= 11 is 0. The molecule has 0 aliphatic heterocycles. The average molecular weight is 483 g/mol. The van der Waals surface area contributed by atoms with Crippen molar-refractivity contribution in [2.45, 2.75) is 89.6 Å². The van der Waals surface area contributed by atoms with E-state index in [0.29, 0.717) is 11.1 Å². The van der Waals surface area contributed by atoms with Gasteiger partial charge in [-0.1, -0.05) is 111 Å². The first-order valence-corrected chi connectivity index (χ1v) is 20.7. The molecule has 2 aromatic carbocycles. The second kappa shape index (κ2) is 8.95. The van der Waals surface area contributed by atoms with Gasteiger partial charge in [0.15, 0.2) is 0 Å². The third-order valence-corrected chi connectivity index (χ3v) is 29.0. The summed E-state index contributed by atoms with van der Waals surface area (Å²) in [5.41, 5.74) is 14.0. The molecule has 0 aromatic heterocycles. The van der Waals surface area contributed by atoms with Crippen molar-refractivity contribution in [3.8, 4) is 11.1 Å². The fourth-order valence-electron chi connectivity index (χ4n) is 6.99. The molecule has 0 bridgehead atoms. The molecule has 0 nitrogen and oxygen atoms in total. The molecule has 0 saturated carbocycles. The van der Waals surface area contributed by atoms with Gasteiger partial charge in [-0.25, -0.2) is 0 Å². The summed E-state index contributed by atoms with van der Waals surface area (Å²) < 4.78 is 0. The van der Waals surface area contributed by atoms with Gasteiger partial charge < -0.3 is 0 Å². The van der Waals surface area contributed by atoms with E-state index >= 15 is 0 Å². The van der Waals surface area contributed by atoms with Crippen molar-refractivity contribution in [3.05, 3.63) is 88.0 Å². The summed E-state index contributed by atoms with van der Waals surface area (Å²) in [6.45, 7) is 15.6. The Morgan fingerprint density at radius 2 is 1.82 bits per heavy atom. The third kappa shape index (κ3) is 3.78. The molecular weight excluding hydrogens is 441 g/mol. The zero-order valence-electron chi connectivity index (χ0n) is 22.2. The largest absolute Gasteiger partial charge is 0.170 e. The number of aryl methyl sites for hydroxylation is 1. The lowest BCUT2D eigenvalue weighted by Crippen LogP contribution is -2.60. The molecule has 179 valence electrons. The number of benzene rings is 2. The van der Waals surface area contributed by atoms with Crippen molar-refractivity contribution in [2.75, 3.05) is 0 Å². The highest BCUT2D eigenvalue weighted by molar-refractivity contribution is 7.42. The first kappa shape index (κ1) is 23.8. The van der Waals surface area contributed by atoms with Gasteiger partial charge in [-0.05, 0) is 72.4 Å². The van der Waals surface area contributed by atoms with Crippen LogP contribution < -0.4 is 0 Å². The lowest BCUT2D eigenvalue weighted by molar-refractivity contribution is 0.798. The monoisotopic (exact) mass is 482 g/mol. The van der Waals surface area contributed by atoms with Crippen LogP contribution in [0, 0.1) is 0 Å². The molecule has 2 aromatic rings. The molecule has 0 fully saturated rings. The van der Waals surface area contributed by atoms with Crippen LogP contribution in [0.15, 0.2) is 65.8 Å². The third-order valence-electron chi connectivity index (χ3n) is 9.62. The van der Waals surface area contributed by atoms with Gasteiger partial charge in [0.2, 0.25) is 0 Å². The van der Waals surface area contributed by atoms with Crippen molar-refractivity contribution in [1.82, 2.24) is 0 Å². The van der Waals surface area contributed by atoms with Gasteiger partial charge >= 0.3 is 0 Å². The SMILES string of the molecule is CCCCC1=CC([Si](C)(C)[Si-](C)(C)C2C(C)=Cc3c2cc2c(c3-c3ccccc3)CCC2)C=C1. The molecule has 0 heterocycles. The maximum Gasteiger partial charge on any atom is -0.00748 e. The van der Waals surface area contributed by atoms with Crippen LogP contribution in [0.2, 0.25) is 31.7 Å². The minimum absolute atomic E-state index is 0.652. The van der Waals surface area contributed by atoms with Crippen LogP contribution in [0.4, 0.5) is 0 Å². The molecule has 3 aliphatic rings. The summed E-state index contributed by atoms with van der Waals surface area (Å²) in [7, 11) is -3.16. The zero-order chi connectivity index (χ0) is 24.1. The molecular formula is C32H42Si2-. The summed E-state index contributed by atoms with van der Waals surface area (Å²) in [4.78, 5) is 0. The van der Waals surface area contributed by atoms with Gasteiger partial charge in [-0.3, -0.25) is 0 Å². The van der Waals surface area contributed by atoms with E-state index in [1.165, 1.54) is 44.1 Å². The fourth-order valence-corrected chi connectivity index (χ4v) is 18.5. The Hall–Kier alpha value is -1.91. The molecule has 0 radical (unpaired) electrons. The maximum absolute atomic E-state index is 2.73. The molecule has 0 N–H and O–H groups in total. The Morgan fingerprint density at radius 3 is 2.56 bits per heavy atom. The molecule has 3 aliphatic carbocycles. The van der Waals surface area contributed by atoms with E-state index in [0.717, 1.165) is 0 Å². The van der Waals surface area contributed by atoms with Crippen LogP contribution in [0.1, 0.15) is 67.3 Å². The van der Waals surface area contributed by atoms with Crippen LogP contribution in [0.25, 0.3) is 17.2 Å². The van der Waals surface area contributed by atoms with Crippen molar-refractivity contribution < 1.29 is 0 Å². The number of allylic oxidation sites excluding steroid dienone is 5. The Bertz CT molecular complexity index is 1180. The predicted octanol–water partition coefficient (Wildman–Crippen LogP) is 9.43. The highest BCUT2D eigenvalue weighted by Crippen LogP contribution is 2.53. The fraction of sp³-hybridized carbons (Fsp3) is 0.438. The minimum atomic E-state index is -1.62. The average Bonchev–Trinajstić information content (AvgIpc) is 3.54. The molecule has 34 heavy (non-hydrogen) atoms. The summed E-state index contributed by atoms with van der Waals surface area (Å²) in [5, 5.41) is 0. The molecule has 2 heteroatoms. The molecule has 0 saturated heterocycles.